The summed E-state index contributed by atoms with van der Waals surface area (Å²) in [5.74, 6) is 6.61. The van der Waals surface area contributed by atoms with Crippen LogP contribution in [0.5, 0.6) is 5.75 Å². The first kappa shape index (κ1) is 12.3. The summed E-state index contributed by atoms with van der Waals surface area (Å²) >= 11 is 0. The highest BCUT2D eigenvalue weighted by Gasteiger charge is 2.02. The van der Waals surface area contributed by atoms with Crippen molar-refractivity contribution < 1.29 is 4.74 Å². The van der Waals surface area contributed by atoms with Crippen molar-refractivity contribution in [3.63, 3.8) is 0 Å². The fourth-order valence-corrected chi connectivity index (χ4v) is 1.62. The monoisotopic (exact) mass is 244 g/mol. The van der Waals surface area contributed by atoms with E-state index in [1.54, 1.807) is 12.4 Å². The number of benzene rings is 1. The Hall–Kier alpha value is -2.14. The van der Waals surface area contributed by atoms with E-state index < -0.39 is 0 Å². The second-order valence-corrected chi connectivity index (χ2v) is 4.09. The Morgan fingerprint density at radius 3 is 2.67 bits per heavy atom. The minimum Gasteiger partial charge on any atom is -0.487 e. The standard InChI is InChI=1S/C13H16N4O/c1-9-3-4-12(10(2)5-9)18-8-11-6-16-13(17-14)7-15-11/h3-7H,8,14H2,1-2H3,(H,16,17). The second kappa shape index (κ2) is 5.46. The van der Waals surface area contributed by atoms with Gasteiger partial charge in [0.05, 0.1) is 18.1 Å². The molecule has 5 nitrogen and oxygen atoms in total. The highest BCUT2D eigenvalue weighted by atomic mass is 16.5. The van der Waals surface area contributed by atoms with Crippen LogP contribution in [0.2, 0.25) is 0 Å². The van der Waals surface area contributed by atoms with Crippen LogP contribution in [-0.4, -0.2) is 9.97 Å². The number of nitrogens with zero attached hydrogens (tertiary/aromatic N) is 2. The van der Waals surface area contributed by atoms with E-state index in [-0.39, 0.29) is 0 Å². The van der Waals surface area contributed by atoms with Gasteiger partial charge >= 0.3 is 0 Å². The molecule has 0 saturated heterocycles. The number of rotatable bonds is 4. The maximum absolute atomic E-state index is 5.70. The van der Waals surface area contributed by atoms with Crippen molar-refractivity contribution in [3.8, 4) is 5.75 Å². The SMILES string of the molecule is Cc1ccc(OCc2cnc(NN)cn2)c(C)c1. The molecular formula is C13H16N4O. The summed E-state index contributed by atoms with van der Waals surface area (Å²) in [6.07, 6.45) is 3.21. The molecule has 2 aromatic rings. The van der Waals surface area contributed by atoms with E-state index >= 15 is 0 Å². The number of nitrogens with one attached hydrogen (secondary N) is 1. The van der Waals surface area contributed by atoms with Gasteiger partial charge in [0, 0.05) is 0 Å². The molecule has 0 amide bonds. The average Bonchev–Trinajstić information content (AvgIpc) is 2.38. The van der Waals surface area contributed by atoms with Crippen LogP contribution in [0.4, 0.5) is 5.82 Å². The van der Waals surface area contributed by atoms with Crippen molar-refractivity contribution >= 4 is 5.82 Å². The van der Waals surface area contributed by atoms with Gasteiger partial charge in [-0.25, -0.2) is 10.8 Å². The summed E-state index contributed by atoms with van der Waals surface area (Å²) in [6.45, 7) is 4.47. The maximum Gasteiger partial charge on any atom is 0.158 e. The highest BCUT2D eigenvalue weighted by molar-refractivity contribution is 5.35. The summed E-state index contributed by atoms with van der Waals surface area (Å²) < 4.78 is 5.70. The number of anilines is 1. The van der Waals surface area contributed by atoms with E-state index in [2.05, 4.69) is 28.4 Å². The smallest absolute Gasteiger partial charge is 0.158 e. The van der Waals surface area contributed by atoms with E-state index in [9.17, 15) is 0 Å². The molecule has 5 heteroatoms. The van der Waals surface area contributed by atoms with Gasteiger partial charge in [-0.05, 0) is 25.5 Å². The normalized spacial score (nSPS) is 10.2. The number of nitrogen functional groups attached to an aromatic ring is 1. The summed E-state index contributed by atoms with van der Waals surface area (Å²) in [4.78, 5) is 8.25. The number of aromatic nitrogens is 2. The Morgan fingerprint density at radius 1 is 1.22 bits per heavy atom. The first-order valence-electron chi connectivity index (χ1n) is 5.66. The molecule has 0 aliphatic heterocycles. The molecular weight excluding hydrogens is 228 g/mol. The van der Waals surface area contributed by atoms with E-state index in [4.69, 9.17) is 10.6 Å². The third kappa shape index (κ3) is 2.95. The molecule has 1 aromatic heterocycles. The van der Waals surface area contributed by atoms with Gasteiger partial charge < -0.3 is 10.2 Å². The summed E-state index contributed by atoms with van der Waals surface area (Å²) in [5.41, 5.74) is 5.52. The number of hydrogen-bond donors (Lipinski definition) is 2. The van der Waals surface area contributed by atoms with Crippen LogP contribution in [-0.2, 0) is 6.61 Å². The summed E-state index contributed by atoms with van der Waals surface area (Å²) in [6, 6.07) is 6.08. The predicted octanol–water partition coefficient (Wildman–Crippen LogP) is 1.96. The second-order valence-electron chi connectivity index (χ2n) is 4.09. The van der Waals surface area contributed by atoms with E-state index in [1.165, 1.54) is 5.56 Å². The van der Waals surface area contributed by atoms with Crippen LogP contribution < -0.4 is 16.0 Å². The number of aryl methyl sites for hydroxylation is 2. The Kier molecular flexibility index (Phi) is 3.74. The lowest BCUT2D eigenvalue weighted by atomic mass is 10.1. The third-order valence-corrected chi connectivity index (χ3v) is 2.56. The van der Waals surface area contributed by atoms with Crippen molar-refractivity contribution in [2.24, 2.45) is 5.84 Å². The van der Waals surface area contributed by atoms with Gasteiger partial charge in [-0.1, -0.05) is 17.7 Å². The Balaban J connectivity index is 2.02. The van der Waals surface area contributed by atoms with Crippen LogP contribution in [0.3, 0.4) is 0 Å². The topological polar surface area (TPSA) is 73.1 Å². The van der Waals surface area contributed by atoms with Crippen molar-refractivity contribution in [3.05, 3.63) is 47.4 Å². The fourth-order valence-electron chi connectivity index (χ4n) is 1.62. The van der Waals surface area contributed by atoms with Gasteiger partial charge in [0.25, 0.3) is 0 Å². The summed E-state index contributed by atoms with van der Waals surface area (Å²) in [5, 5.41) is 0. The van der Waals surface area contributed by atoms with E-state index in [1.807, 2.05) is 19.1 Å². The molecule has 0 fully saturated rings. The van der Waals surface area contributed by atoms with Crippen molar-refractivity contribution in [2.75, 3.05) is 5.43 Å². The predicted molar refractivity (Wildman–Crippen MR) is 70.1 cm³/mol. The molecule has 0 spiro atoms. The first-order chi connectivity index (χ1) is 8.69. The van der Waals surface area contributed by atoms with Gasteiger partial charge in [0.2, 0.25) is 0 Å². The first-order valence-corrected chi connectivity index (χ1v) is 5.66. The molecule has 1 heterocycles. The molecule has 0 aliphatic carbocycles. The molecule has 0 bridgehead atoms. The number of hydrazine groups is 1. The van der Waals surface area contributed by atoms with Gasteiger partial charge in [0.15, 0.2) is 5.82 Å². The Labute approximate surface area is 106 Å². The zero-order valence-electron chi connectivity index (χ0n) is 10.5. The molecule has 0 aliphatic rings. The zero-order chi connectivity index (χ0) is 13.0. The van der Waals surface area contributed by atoms with Crippen molar-refractivity contribution in [1.82, 2.24) is 9.97 Å². The summed E-state index contributed by atoms with van der Waals surface area (Å²) in [7, 11) is 0. The van der Waals surface area contributed by atoms with Gasteiger partial charge in [0.1, 0.15) is 12.4 Å². The Bertz CT molecular complexity index is 525. The van der Waals surface area contributed by atoms with E-state index in [0.29, 0.717) is 12.4 Å². The van der Waals surface area contributed by atoms with Gasteiger partial charge in [-0.15, -0.1) is 0 Å². The average molecular weight is 244 g/mol. The van der Waals surface area contributed by atoms with Crippen LogP contribution in [0.1, 0.15) is 16.8 Å². The van der Waals surface area contributed by atoms with Crippen LogP contribution in [0.15, 0.2) is 30.6 Å². The molecule has 94 valence electrons. The van der Waals surface area contributed by atoms with Crippen molar-refractivity contribution in [2.45, 2.75) is 20.5 Å². The minimum absolute atomic E-state index is 0.391. The highest BCUT2D eigenvalue weighted by Crippen LogP contribution is 2.19. The maximum atomic E-state index is 5.70. The van der Waals surface area contributed by atoms with E-state index in [0.717, 1.165) is 17.0 Å². The zero-order valence-corrected chi connectivity index (χ0v) is 10.5. The van der Waals surface area contributed by atoms with Crippen molar-refractivity contribution in [1.29, 1.82) is 0 Å². The molecule has 0 unspecified atom stereocenters. The lowest BCUT2D eigenvalue weighted by Gasteiger charge is -2.09. The number of hydrogen-bond acceptors (Lipinski definition) is 5. The molecule has 1 aromatic carbocycles. The molecule has 18 heavy (non-hydrogen) atoms. The molecule has 2 rings (SSSR count). The molecule has 0 atom stereocenters. The molecule has 0 saturated carbocycles. The third-order valence-electron chi connectivity index (χ3n) is 2.56. The molecule has 3 N–H and O–H groups in total. The van der Waals surface area contributed by atoms with Crippen LogP contribution >= 0.6 is 0 Å². The quantitative estimate of drug-likeness (QED) is 0.635. The van der Waals surface area contributed by atoms with Gasteiger partial charge in [-0.3, -0.25) is 4.98 Å². The number of ether oxygens (including phenoxy) is 1. The lowest BCUT2D eigenvalue weighted by Crippen LogP contribution is -2.09. The minimum atomic E-state index is 0.391. The fraction of sp³-hybridized carbons (Fsp3) is 0.231. The van der Waals surface area contributed by atoms with Crippen LogP contribution in [0, 0.1) is 13.8 Å². The van der Waals surface area contributed by atoms with Crippen LogP contribution in [0.25, 0.3) is 0 Å². The molecule has 0 radical (unpaired) electrons. The Morgan fingerprint density at radius 2 is 2.06 bits per heavy atom. The van der Waals surface area contributed by atoms with Gasteiger partial charge in [-0.2, -0.15) is 0 Å². The largest absolute Gasteiger partial charge is 0.487 e. The lowest BCUT2D eigenvalue weighted by molar-refractivity contribution is 0.298. The number of nitrogens with two attached hydrogens (primary N) is 1.